The van der Waals surface area contributed by atoms with Crippen molar-refractivity contribution in [2.45, 2.75) is 38.1 Å². The highest BCUT2D eigenvalue weighted by Gasteiger charge is 2.20. The number of amides is 1. The van der Waals surface area contributed by atoms with Crippen LogP contribution in [-0.4, -0.2) is 18.7 Å². The SMILES string of the molecule is N#CC(=Cc1cc2c(cc1Br)OCO2)C(=O)NC1CCCCC1. The van der Waals surface area contributed by atoms with Gasteiger partial charge in [0, 0.05) is 10.5 Å². The highest BCUT2D eigenvalue weighted by Crippen LogP contribution is 2.37. The van der Waals surface area contributed by atoms with Gasteiger partial charge in [0.2, 0.25) is 6.79 Å². The van der Waals surface area contributed by atoms with Gasteiger partial charge >= 0.3 is 0 Å². The summed E-state index contributed by atoms with van der Waals surface area (Å²) in [5.74, 6) is 0.951. The Morgan fingerprint density at radius 2 is 1.96 bits per heavy atom. The predicted molar refractivity (Wildman–Crippen MR) is 88.9 cm³/mol. The number of rotatable bonds is 3. The molecule has 1 aromatic rings. The van der Waals surface area contributed by atoms with E-state index in [0.29, 0.717) is 17.1 Å². The summed E-state index contributed by atoms with van der Waals surface area (Å²) in [5.41, 5.74) is 0.805. The smallest absolute Gasteiger partial charge is 0.262 e. The molecule has 0 radical (unpaired) electrons. The van der Waals surface area contributed by atoms with Crippen LogP contribution in [0.1, 0.15) is 37.7 Å². The van der Waals surface area contributed by atoms with Crippen molar-refractivity contribution in [3.8, 4) is 17.6 Å². The standard InChI is InChI=1S/C17H17BrN2O3/c18-14-8-16-15(22-10-23-16)7-11(14)6-12(9-19)17(21)20-13-4-2-1-3-5-13/h6-8,13H,1-5,10H2,(H,20,21). The molecule has 120 valence electrons. The van der Waals surface area contributed by atoms with Crippen molar-refractivity contribution < 1.29 is 14.3 Å². The average molecular weight is 377 g/mol. The number of carbonyl (C=O) groups is 1. The summed E-state index contributed by atoms with van der Waals surface area (Å²) in [5, 5.41) is 12.3. The number of nitrogens with one attached hydrogen (secondary N) is 1. The van der Waals surface area contributed by atoms with Gasteiger partial charge in [0.25, 0.3) is 5.91 Å². The third-order valence-electron chi connectivity index (χ3n) is 4.10. The molecule has 0 atom stereocenters. The summed E-state index contributed by atoms with van der Waals surface area (Å²) >= 11 is 3.43. The molecule has 23 heavy (non-hydrogen) atoms. The summed E-state index contributed by atoms with van der Waals surface area (Å²) < 4.78 is 11.4. The summed E-state index contributed by atoms with van der Waals surface area (Å²) in [7, 11) is 0. The third kappa shape index (κ3) is 3.67. The van der Waals surface area contributed by atoms with Crippen LogP contribution in [0.3, 0.4) is 0 Å². The maximum atomic E-state index is 12.3. The lowest BCUT2D eigenvalue weighted by Crippen LogP contribution is -2.36. The zero-order valence-corrected chi connectivity index (χ0v) is 14.2. The number of ether oxygens (including phenoxy) is 2. The highest BCUT2D eigenvalue weighted by atomic mass is 79.9. The molecule has 5 nitrogen and oxygen atoms in total. The number of fused-ring (bicyclic) bond motifs is 1. The fraction of sp³-hybridized carbons (Fsp3) is 0.412. The van der Waals surface area contributed by atoms with E-state index in [0.717, 1.165) is 30.2 Å². The van der Waals surface area contributed by atoms with Gasteiger partial charge in [-0.25, -0.2) is 0 Å². The normalized spacial score (nSPS) is 17.7. The van der Waals surface area contributed by atoms with E-state index >= 15 is 0 Å². The number of halogens is 1. The molecule has 0 spiro atoms. The predicted octanol–water partition coefficient (Wildman–Crippen LogP) is 3.53. The van der Waals surface area contributed by atoms with Crippen LogP contribution in [0.2, 0.25) is 0 Å². The minimum atomic E-state index is -0.316. The van der Waals surface area contributed by atoms with Crippen LogP contribution in [0, 0.1) is 11.3 Å². The molecule has 1 amide bonds. The molecule has 6 heteroatoms. The molecule has 0 aromatic heterocycles. The first kappa shape index (κ1) is 15.9. The Morgan fingerprint density at radius 1 is 1.26 bits per heavy atom. The van der Waals surface area contributed by atoms with Crippen LogP contribution in [0.25, 0.3) is 6.08 Å². The van der Waals surface area contributed by atoms with E-state index < -0.39 is 0 Å². The Bertz CT molecular complexity index is 688. The number of hydrogen-bond donors (Lipinski definition) is 1. The molecule has 0 bridgehead atoms. The van der Waals surface area contributed by atoms with E-state index in [9.17, 15) is 10.1 Å². The van der Waals surface area contributed by atoms with Crippen LogP contribution in [0.5, 0.6) is 11.5 Å². The molecule has 1 N–H and O–H groups in total. The Kier molecular flexibility index (Phi) is 4.87. The van der Waals surface area contributed by atoms with E-state index in [4.69, 9.17) is 9.47 Å². The maximum absolute atomic E-state index is 12.3. The summed E-state index contributed by atoms with van der Waals surface area (Å²) in [6.45, 7) is 0.183. The molecule has 1 aliphatic carbocycles. The Morgan fingerprint density at radius 3 is 2.65 bits per heavy atom. The van der Waals surface area contributed by atoms with Gasteiger partial charge in [-0.3, -0.25) is 4.79 Å². The maximum Gasteiger partial charge on any atom is 0.262 e. The fourth-order valence-electron chi connectivity index (χ4n) is 2.86. The first-order valence-corrected chi connectivity index (χ1v) is 8.48. The van der Waals surface area contributed by atoms with Crippen molar-refractivity contribution in [3.05, 3.63) is 27.7 Å². The lowest BCUT2D eigenvalue weighted by atomic mass is 9.95. The molecule has 1 aromatic carbocycles. The van der Waals surface area contributed by atoms with Crippen molar-refractivity contribution in [3.63, 3.8) is 0 Å². The Hall–Kier alpha value is -2.00. The van der Waals surface area contributed by atoms with Gasteiger partial charge in [-0.05, 0) is 36.6 Å². The zero-order valence-electron chi connectivity index (χ0n) is 12.6. The highest BCUT2D eigenvalue weighted by molar-refractivity contribution is 9.10. The summed E-state index contributed by atoms with van der Waals surface area (Å²) in [6.07, 6.45) is 7.02. The molecule has 1 aliphatic heterocycles. The lowest BCUT2D eigenvalue weighted by Gasteiger charge is -2.22. The third-order valence-corrected chi connectivity index (χ3v) is 4.78. The number of benzene rings is 1. The van der Waals surface area contributed by atoms with Crippen LogP contribution < -0.4 is 14.8 Å². The first-order valence-electron chi connectivity index (χ1n) is 7.69. The fourth-order valence-corrected chi connectivity index (χ4v) is 3.29. The van der Waals surface area contributed by atoms with Gasteiger partial charge < -0.3 is 14.8 Å². The second-order valence-corrected chi connectivity index (χ2v) is 6.56. The van der Waals surface area contributed by atoms with Crippen LogP contribution >= 0.6 is 15.9 Å². The van der Waals surface area contributed by atoms with Gasteiger partial charge in [-0.15, -0.1) is 0 Å². The first-order chi connectivity index (χ1) is 11.2. The van der Waals surface area contributed by atoms with Crippen LogP contribution in [0.15, 0.2) is 22.2 Å². The van der Waals surface area contributed by atoms with Crippen LogP contribution in [0.4, 0.5) is 0 Å². The molecule has 0 saturated heterocycles. The molecule has 1 saturated carbocycles. The van der Waals surface area contributed by atoms with Gasteiger partial charge in [0.05, 0.1) is 0 Å². The molecule has 2 aliphatic rings. The number of nitriles is 1. The second kappa shape index (κ2) is 7.05. The van der Waals surface area contributed by atoms with Crippen molar-refractivity contribution >= 4 is 27.9 Å². The minimum absolute atomic E-state index is 0.0927. The molecule has 1 heterocycles. The van der Waals surface area contributed by atoms with E-state index in [-0.39, 0.29) is 24.3 Å². The van der Waals surface area contributed by atoms with E-state index in [1.807, 2.05) is 6.07 Å². The van der Waals surface area contributed by atoms with Gasteiger partial charge in [0.1, 0.15) is 11.6 Å². The molecule has 3 rings (SSSR count). The molecular weight excluding hydrogens is 360 g/mol. The van der Waals surface area contributed by atoms with E-state index in [2.05, 4.69) is 21.2 Å². The van der Waals surface area contributed by atoms with Crippen molar-refractivity contribution in [2.75, 3.05) is 6.79 Å². The largest absolute Gasteiger partial charge is 0.454 e. The van der Waals surface area contributed by atoms with Crippen LogP contribution in [-0.2, 0) is 4.79 Å². The summed E-state index contributed by atoms with van der Waals surface area (Å²) in [6, 6.07) is 5.71. The van der Waals surface area contributed by atoms with E-state index in [1.54, 1.807) is 18.2 Å². The van der Waals surface area contributed by atoms with Gasteiger partial charge in [0.15, 0.2) is 11.5 Å². The number of hydrogen-bond acceptors (Lipinski definition) is 4. The molecule has 1 fully saturated rings. The minimum Gasteiger partial charge on any atom is -0.454 e. The monoisotopic (exact) mass is 376 g/mol. The number of carbonyl (C=O) groups excluding carboxylic acids is 1. The Balaban J connectivity index is 1.78. The van der Waals surface area contributed by atoms with Gasteiger partial charge in [-0.1, -0.05) is 35.2 Å². The number of nitrogens with zero attached hydrogens (tertiary/aromatic N) is 1. The van der Waals surface area contributed by atoms with E-state index in [1.165, 1.54) is 6.42 Å². The topological polar surface area (TPSA) is 71.3 Å². The quantitative estimate of drug-likeness (QED) is 0.646. The lowest BCUT2D eigenvalue weighted by molar-refractivity contribution is -0.117. The van der Waals surface area contributed by atoms with Gasteiger partial charge in [-0.2, -0.15) is 5.26 Å². The van der Waals surface area contributed by atoms with Crippen molar-refractivity contribution in [2.24, 2.45) is 0 Å². The second-order valence-electron chi connectivity index (χ2n) is 5.71. The van der Waals surface area contributed by atoms with Crippen molar-refractivity contribution in [1.82, 2.24) is 5.32 Å². The molecule has 0 unspecified atom stereocenters. The Labute approximate surface area is 143 Å². The summed E-state index contributed by atoms with van der Waals surface area (Å²) in [4.78, 5) is 12.3. The zero-order chi connectivity index (χ0) is 16.2. The van der Waals surface area contributed by atoms with Crippen molar-refractivity contribution in [1.29, 1.82) is 5.26 Å². The average Bonchev–Trinajstić information content (AvgIpc) is 3.00. The molecular formula is C17H17BrN2O3.